The quantitative estimate of drug-likeness (QED) is 0.567. The molecule has 0 unspecified atom stereocenters. The van der Waals surface area contributed by atoms with Gasteiger partial charge in [-0.1, -0.05) is 6.07 Å². The summed E-state index contributed by atoms with van der Waals surface area (Å²) in [7, 11) is 0. The summed E-state index contributed by atoms with van der Waals surface area (Å²) in [6.07, 6.45) is 0. The molecule has 7 heteroatoms. The van der Waals surface area contributed by atoms with Crippen LogP contribution in [0.4, 0.5) is 11.4 Å². The second-order valence-corrected chi connectivity index (χ2v) is 5.26. The van der Waals surface area contributed by atoms with Crippen LogP contribution in [0, 0.1) is 10.1 Å². The van der Waals surface area contributed by atoms with Crippen LogP contribution in [0.1, 0.15) is 11.1 Å². The lowest BCUT2D eigenvalue weighted by molar-refractivity contribution is -0.384. The van der Waals surface area contributed by atoms with Gasteiger partial charge >= 0.3 is 0 Å². The van der Waals surface area contributed by atoms with Crippen LogP contribution >= 0.6 is 15.9 Å². The zero-order valence-corrected chi connectivity index (χ0v) is 12.5. The zero-order valence-electron chi connectivity index (χ0n) is 10.9. The van der Waals surface area contributed by atoms with Crippen molar-refractivity contribution in [3.8, 4) is 5.75 Å². The molecule has 21 heavy (non-hydrogen) atoms. The molecule has 0 aliphatic heterocycles. The maximum atomic E-state index is 11.0. The molecule has 0 saturated carbocycles. The fourth-order valence-electron chi connectivity index (χ4n) is 1.84. The van der Waals surface area contributed by atoms with Gasteiger partial charge in [-0.3, -0.25) is 10.1 Å². The summed E-state index contributed by atoms with van der Waals surface area (Å²) in [5.41, 5.74) is 1.74. The Morgan fingerprint density at radius 2 is 1.90 bits per heavy atom. The van der Waals surface area contributed by atoms with Crippen molar-refractivity contribution in [3.05, 3.63) is 62.1 Å². The largest absolute Gasteiger partial charge is 0.507 e. The van der Waals surface area contributed by atoms with Crippen molar-refractivity contribution in [2.24, 2.45) is 0 Å². The fourth-order valence-corrected chi connectivity index (χ4v) is 2.27. The van der Waals surface area contributed by atoms with E-state index in [0.717, 1.165) is 5.56 Å². The van der Waals surface area contributed by atoms with E-state index in [2.05, 4.69) is 21.2 Å². The summed E-state index contributed by atoms with van der Waals surface area (Å²) in [4.78, 5) is 10.5. The predicted molar refractivity (Wildman–Crippen MR) is 82.2 cm³/mol. The number of rotatable bonds is 5. The molecule has 0 fully saturated rings. The summed E-state index contributed by atoms with van der Waals surface area (Å²) in [6, 6.07) is 9.41. The maximum absolute atomic E-state index is 11.0. The third-order valence-corrected chi connectivity index (χ3v) is 3.57. The van der Waals surface area contributed by atoms with E-state index in [1.54, 1.807) is 24.3 Å². The van der Waals surface area contributed by atoms with E-state index >= 15 is 0 Å². The van der Waals surface area contributed by atoms with Crippen LogP contribution in [0.25, 0.3) is 0 Å². The lowest BCUT2D eigenvalue weighted by Gasteiger charge is -2.09. The monoisotopic (exact) mass is 352 g/mol. The molecule has 2 aromatic rings. The van der Waals surface area contributed by atoms with Crippen LogP contribution < -0.4 is 5.32 Å². The van der Waals surface area contributed by atoms with Gasteiger partial charge in [-0.2, -0.15) is 0 Å². The standard InChI is InChI=1S/C14H13BrN2O4/c15-11-5-9(2-4-14(11)19)7-16-12-6-10(8-18)1-3-13(12)17(20)21/h1-6,16,18-19H,7-8H2. The summed E-state index contributed by atoms with van der Waals surface area (Å²) in [6.45, 7) is 0.173. The molecule has 6 nitrogen and oxygen atoms in total. The number of aromatic hydroxyl groups is 1. The average molecular weight is 353 g/mol. The van der Waals surface area contributed by atoms with Crippen molar-refractivity contribution in [1.29, 1.82) is 0 Å². The number of hydrogen-bond donors (Lipinski definition) is 3. The average Bonchev–Trinajstić information content (AvgIpc) is 2.48. The Morgan fingerprint density at radius 1 is 1.19 bits per heavy atom. The topological polar surface area (TPSA) is 95.6 Å². The molecule has 2 aromatic carbocycles. The molecule has 0 bridgehead atoms. The fraction of sp³-hybridized carbons (Fsp3) is 0.143. The molecule has 0 atom stereocenters. The molecular formula is C14H13BrN2O4. The van der Waals surface area contributed by atoms with Crippen LogP contribution in [-0.2, 0) is 13.2 Å². The number of nitro benzene ring substituents is 1. The number of nitrogens with one attached hydrogen (secondary N) is 1. The summed E-state index contributed by atoms with van der Waals surface area (Å²) in [5.74, 6) is 0.131. The first-order chi connectivity index (χ1) is 10.0. The van der Waals surface area contributed by atoms with Gasteiger partial charge in [0.2, 0.25) is 0 Å². The van der Waals surface area contributed by atoms with Gasteiger partial charge in [0.05, 0.1) is 16.0 Å². The van der Waals surface area contributed by atoms with Gasteiger partial charge in [-0.05, 0) is 51.3 Å². The molecule has 0 aliphatic carbocycles. The number of halogens is 1. The number of nitro groups is 1. The Bertz CT molecular complexity index is 676. The minimum atomic E-state index is -0.476. The number of hydrogen-bond acceptors (Lipinski definition) is 5. The molecule has 0 heterocycles. The van der Waals surface area contributed by atoms with Crippen LogP contribution in [0.2, 0.25) is 0 Å². The van der Waals surface area contributed by atoms with Crippen molar-refractivity contribution in [1.82, 2.24) is 0 Å². The molecule has 0 saturated heterocycles. The van der Waals surface area contributed by atoms with E-state index in [0.29, 0.717) is 22.3 Å². The summed E-state index contributed by atoms with van der Waals surface area (Å²) < 4.78 is 0.556. The van der Waals surface area contributed by atoms with Gasteiger partial charge in [0.25, 0.3) is 5.69 Å². The number of aliphatic hydroxyl groups excluding tert-OH is 1. The highest BCUT2D eigenvalue weighted by molar-refractivity contribution is 9.10. The molecule has 2 rings (SSSR count). The minimum Gasteiger partial charge on any atom is -0.507 e. The molecule has 0 amide bonds. The van der Waals surface area contributed by atoms with E-state index < -0.39 is 4.92 Å². The Kier molecular flexibility index (Phi) is 4.77. The number of phenolic OH excluding ortho intramolecular Hbond substituents is 1. The lowest BCUT2D eigenvalue weighted by atomic mass is 10.1. The Labute approximate surface area is 129 Å². The number of benzene rings is 2. The maximum Gasteiger partial charge on any atom is 0.292 e. The van der Waals surface area contributed by atoms with E-state index in [4.69, 9.17) is 5.11 Å². The molecule has 0 radical (unpaired) electrons. The van der Waals surface area contributed by atoms with E-state index in [1.807, 2.05) is 0 Å². The molecular weight excluding hydrogens is 340 g/mol. The van der Waals surface area contributed by atoms with Crippen molar-refractivity contribution in [2.45, 2.75) is 13.2 Å². The number of nitrogens with zero attached hydrogens (tertiary/aromatic N) is 1. The van der Waals surface area contributed by atoms with Crippen molar-refractivity contribution < 1.29 is 15.1 Å². The van der Waals surface area contributed by atoms with E-state index in [1.165, 1.54) is 12.1 Å². The van der Waals surface area contributed by atoms with Crippen LogP contribution in [-0.4, -0.2) is 15.1 Å². The molecule has 0 aliphatic rings. The number of aliphatic hydroxyl groups is 1. The third-order valence-electron chi connectivity index (χ3n) is 2.94. The number of anilines is 1. The predicted octanol–water partition coefficient (Wildman–Crippen LogP) is 3.17. The first-order valence-electron chi connectivity index (χ1n) is 6.10. The summed E-state index contributed by atoms with van der Waals surface area (Å²) in [5, 5.41) is 32.5. The van der Waals surface area contributed by atoms with E-state index in [9.17, 15) is 15.2 Å². The van der Waals surface area contributed by atoms with Gasteiger partial charge in [0, 0.05) is 12.6 Å². The van der Waals surface area contributed by atoms with Gasteiger partial charge in [-0.15, -0.1) is 0 Å². The first kappa shape index (κ1) is 15.3. The SMILES string of the molecule is O=[N+]([O-])c1ccc(CO)cc1NCc1ccc(O)c(Br)c1. The van der Waals surface area contributed by atoms with Gasteiger partial charge in [-0.25, -0.2) is 0 Å². The third kappa shape index (κ3) is 3.71. The van der Waals surface area contributed by atoms with Crippen LogP contribution in [0.15, 0.2) is 40.9 Å². The van der Waals surface area contributed by atoms with Crippen molar-refractivity contribution in [3.63, 3.8) is 0 Å². The van der Waals surface area contributed by atoms with Gasteiger partial charge in [0.1, 0.15) is 11.4 Å². The minimum absolute atomic E-state index is 0.0509. The normalized spacial score (nSPS) is 10.4. The lowest BCUT2D eigenvalue weighted by Crippen LogP contribution is -2.03. The molecule has 110 valence electrons. The Morgan fingerprint density at radius 3 is 2.52 bits per heavy atom. The van der Waals surface area contributed by atoms with Gasteiger partial charge < -0.3 is 15.5 Å². The molecule has 0 aromatic heterocycles. The second-order valence-electron chi connectivity index (χ2n) is 4.41. The highest BCUT2D eigenvalue weighted by atomic mass is 79.9. The summed E-state index contributed by atoms with van der Waals surface area (Å²) >= 11 is 3.21. The molecule has 0 spiro atoms. The van der Waals surface area contributed by atoms with Gasteiger partial charge in [0.15, 0.2) is 0 Å². The van der Waals surface area contributed by atoms with Crippen molar-refractivity contribution in [2.75, 3.05) is 5.32 Å². The van der Waals surface area contributed by atoms with Crippen molar-refractivity contribution >= 4 is 27.3 Å². The Balaban J connectivity index is 2.21. The van der Waals surface area contributed by atoms with Crippen LogP contribution in [0.5, 0.6) is 5.75 Å². The molecule has 3 N–H and O–H groups in total. The first-order valence-corrected chi connectivity index (χ1v) is 6.90. The number of phenols is 1. The van der Waals surface area contributed by atoms with E-state index in [-0.39, 0.29) is 18.0 Å². The Hall–Kier alpha value is -2.12. The smallest absolute Gasteiger partial charge is 0.292 e. The second kappa shape index (κ2) is 6.55. The van der Waals surface area contributed by atoms with Crippen LogP contribution in [0.3, 0.4) is 0 Å². The highest BCUT2D eigenvalue weighted by Gasteiger charge is 2.14. The zero-order chi connectivity index (χ0) is 15.4. The highest BCUT2D eigenvalue weighted by Crippen LogP contribution is 2.28.